The molecule has 9 atom stereocenters. The van der Waals surface area contributed by atoms with Gasteiger partial charge in [0.15, 0.2) is 0 Å². The minimum atomic E-state index is -1.28. The van der Waals surface area contributed by atoms with Gasteiger partial charge in [0.2, 0.25) is 17.7 Å². The number of halogens is 1. The molecule has 1 spiro atoms. The van der Waals surface area contributed by atoms with Crippen LogP contribution in [0.15, 0.2) is 55.6 Å². The molecule has 3 heterocycles. The van der Waals surface area contributed by atoms with Gasteiger partial charge < -0.3 is 29.3 Å². The van der Waals surface area contributed by atoms with Crippen LogP contribution in [0, 0.1) is 11.8 Å². The van der Waals surface area contributed by atoms with Crippen LogP contribution in [-0.2, 0) is 28.7 Å². The Kier molecular flexibility index (Phi) is 12.5. The van der Waals surface area contributed by atoms with Crippen molar-refractivity contribution in [3.8, 4) is 0 Å². The summed E-state index contributed by atoms with van der Waals surface area (Å²) < 4.78 is 13.0. The lowest BCUT2D eigenvalue weighted by Gasteiger charge is -2.39. The average molecular weight is 717 g/mol. The van der Waals surface area contributed by atoms with Crippen LogP contribution in [0.25, 0.3) is 0 Å². The molecule has 0 aliphatic carbocycles. The molecule has 4 rings (SSSR count). The molecule has 3 amide bonds. The summed E-state index contributed by atoms with van der Waals surface area (Å²) in [5, 5.41) is 10.4. The molecule has 0 radical (unpaired) electrons. The number of hydrogen-bond acceptors (Lipinski definition) is 7. The van der Waals surface area contributed by atoms with Crippen LogP contribution in [-0.4, -0.2) is 105 Å². The molecule has 2 bridgehead atoms. The summed E-state index contributed by atoms with van der Waals surface area (Å²) in [5.74, 6) is -3.36. The molecular formula is C36H50BrN3O7. The van der Waals surface area contributed by atoms with Crippen LogP contribution < -0.4 is 0 Å². The summed E-state index contributed by atoms with van der Waals surface area (Å²) in [5.41, 5.74) is -0.573. The normalized spacial score (nSPS) is 27.9. The number of carbonyl (C=O) groups excluding carboxylic acids is 4. The van der Waals surface area contributed by atoms with E-state index < -0.39 is 53.7 Å². The third-order valence-corrected chi connectivity index (χ3v) is 11.0. The van der Waals surface area contributed by atoms with Crippen molar-refractivity contribution in [1.82, 2.24) is 14.7 Å². The zero-order chi connectivity index (χ0) is 34.5. The number of benzene rings is 1. The Morgan fingerprint density at radius 3 is 2.51 bits per heavy atom. The fourth-order valence-electron chi connectivity index (χ4n) is 7.52. The Labute approximate surface area is 287 Å². The number of likely N-dealkylation sites (N-methyl/N-ethyl adjacent to an activating group) is 1. The van der Waals surface area contributed by atoms with Gasteiger partial charge in [-0.05, 0) is 38.2 Å². The van der Waals surface area contributed by atoms with E-state index in [2.05, 4.69) is 29.1 Å². The lowest BCUT2D eigenvalue weighted by atomic mass is 9.70. The number of nitrogens with zero attached hydrogens (tertiary/aromatic N) is 3. The lowest BCUT2D eigenvalue weighted by molar-refractivity contribution is -0.165. The standard InChI is InChI=1S/C36H50BrN3O7/c1-7-11-18-27(42)38(6)23(5)30(24-16-14-13-15-17-24)46-35(45)28-29-33(43)40(25(10-4)22-41)32(36(29)21-26(37)31(28)47-36)34(44)39(19-9-3)20-12-8-2/h7,9,13-17,23,25-26,28-32,41H,1,3,8,10-12,18-22H2,2,4-6H3/t23-,25+,26?,28-,29+,30+,31-,32-,36+/m1/s1. The molecule has 47 heavy (non-hydrogen) atoms. The number of fused-ring (bicyclic) bond motifs is 1. The second-order valence-corrected chi connectivity index (χ2v) is 14.1. The molecule has 0 aromatic heterocycles. The van der Waals surface area contributed by atoms with Gasteiger partial charge >= 0.3 is 5.97 Å². The van der Waals surface area contributed by atoms with Gasteiger partial charge in [0.1, 0.15) is 17.7 Å². The maximum Gasteiger partial charge on any atom is 0.313 e. The van der Waals surface area contributed by atoms with Gasteiger partial charge in [-0.2, -0.15) is 0 Å². The topological polar surface area (TPSA) is 117 Å². The Balaban J connectivity index is 1.73. The van der Waals surface area contributed by atoms with Gasteiger partial charge in [-0.3, -0.25) is 19.2 Å². The van der Waals surface area contributed by atoms with Crippen LogP contribution >= 0.6 is 15.9 Å². The van der Waals surface area contributed by atoms with Crippen LogP contribution in [0.5, 0.6) is 0 Å². The highest BCUT2D eigenvalue weighted by molar-refractivity contribution is 9.09. The van der Waals surface area contributed by atoms with Gasteiger partial charge in [0.05, 0.1) is 36.6 Å². The number of ether oxygens (including phenoxy) is 2. The van der Waals surface area contributed by atoms with Crippen LogP contribution in [0.1, 0.15) is 71.0 Å². The summed E-state index contributed by atoms with van der Waals surface area (Å²) in [6.45, 7) is 13.7. The Morgan fingerprint density at radius 1 is 1.21 bits per heavy atom. The lowest BCUT2D eigenvalue weighted by Crippen LogP contribution is -2.59. The summed E-state index contributed by atoms with van der Waals surface area (Å²) in [7, 11) is 1.69. The van der Waals surface area contributed by atoms with Crippen molar-refractivity contribution in [3.05, 3.63) is 61.2 Å². The SMILES string of the molecule is C=CCCC(=O)N(C)[C@H](C)[C@H](OC(=O)[C@H]1[C@@H]2O[C@@]3(CC2Br)[C@@H]1C(=O)N([C@@H](CC)CO)[C@@H]3C(=O)N(CC=C)CCCC)c1ccccc1. The number of hydrogen-bond donors (Lipinski definition) is 1. The summed E-state index contributed by atoms with van der Waals surface area (Å²) in [6, 6.07) is 7.06. The van der Waals surface area contributed by atoms with E-state index in [1.165, 1.54) is 4.90 Å². The number of likely N-dealkylation sites (tertiary alicyclic amines) is 1. The molecule has 11 heteroatoms. The van der Waals surface area contributed by atoms with Gasteiger partial charge in [-0.15, -0.1) is 13.2 Å². The Hall–Kier alpha value is -3.02. The molecule has 10 nitrogen and oxygen atoms in total. The van der Waals surface area contributed by atoms with Crippen molar-refractivity contribution in [2.75, 3.05) is 26.7 Å². The Bertz CT molecular complexity index is 1310. The minimum Gasteiger partial charge on any atom is -0.455 e. The predicted octanol–water partition coefficient (Wildman–Crippen LogP) is 4.42. The van der Waals surface area contributed by atoms with Gasteiger partial charge in [-0.25, -0.2) is 0 Å². The zero-order valence-corrected chi connectivity index (χ0v) is 29.6. The molecule has 1 N–H and O–H groups in total. The van der Waals surface area contributed by atoms with E-state index in [9.17, 15) is 24.3 Å². The van der Waals surface area contributed by atoms with Crippen LogP contribution in [0.2, 0.25) is 0 Å². The number of allylic oxidation sites excluding steroid dienone is 1. The first-order valence-electron chi connectivity index (χ1n) is 16.8. The van der Waals surface area contributed by atoms with E-state index in [1.54, 1.807) is 29.0 Å². The first kappa shape index (κ1) is 36.8. The maximum atomic E-state index is 14.5. The third-order valence-electron chi connectivity index (χ3n) is 10.1. The molecule has 3 aliphatic heterocycles. The number of alkyl halides is 1. The predicted molar refractivity (Wildman–Crippen MR) is 182 cm³/mol. The highest BCUT2D eigenvalue weighted by Gasteiger charge is 2.77. The van der Waals surface area contributed by atoms with E-state index in [0.29, 0.717) is 37.9 Å². The fourth-order valence-corrected chi connectivity index (χ4v) is 8.46. The van der Waals surface area contributed by atoms with Gasteiger partial charge in [0, 0.05) is 31.4 Å². The van der Waals surface area contributed by atoms with Crippen molar-refractivity contribution in [3.63, 3.8) is 0 Å². The largest absolute Gasteiger partial charge is 0.455 e. The maximum absolute atomic E-state index is 14.5. The second kappa shape index (κ2) is 15.9. The summed E-state index contributed by atoms with van der Waals surface area (Å²) in [6.07, 6.45) is 5.04. The molecule has 0 saturated carbocycles. The number of aliphatic hydroxyl groups excluding tert-OH is 1. The molecule has 1 aromatic carbocycles. The number of unbranched alkanes of at least 4 members (excludes halogenated alkanes) is 1. The molecule has 3 aliphatic rings. The van der Waals surface area contributed by atoms with Crippen LogP contribution in [0.3, 0.4) is 0 Å². The second-order valence-electron chi connectivity index (χ2n) is 12.9. The summed E-state index contributed by atoms with van der Waals surface area (Å²) >= 11 is 3.73. The van der Waals surface area contributed by atoms with E-state index in [-0.39, 0.29) is 35.6 Å². The van der Waals surface area contributed by atoms with Gasteiger partial charge in [0.25, 0.3) is 0 Å². The van der Waals surface area contributed by atoms with Crippen molar-refractivity contribution in [2.24, 2.45) is 11.8 Å². The third kappa shape index (κ3) is 6.94. The zero-order valence-electron chi connectivity index (χ0n) is 28.1. The highest BCUT2D eigenvalue weighted by atomic mass is 79.9. The van der Waals surface area contributed by atoms with E-state index >= 15 is 0 Å². The average Bonchev–Trinajstić information content (AvgIpc) is 3.67. The first-order valence-corrected chi connectivity index (χ1v) is 17.7. The number of amides is 3. The minimum absolute atomic E-state index is 0.109. The van der Waals surface area contributed by atoms with Crippen molar-refractivity contribution in [1.29, 1.82) is 0 Å². The van der Waals surface area contributed by atoms with E-state index in [4.69, 9.17) is 9.47 Å². The molecule has 1 unspecified atom stereocenters. The van der Waals surface area contributed by atoms with Crippen LogP contribution in [0.4, 0.5) is 0 Å². The molecular weight excluding hydrogens is 666 g/mol. The van der Waals surface area contributed by atoms with Crippen molar-refractivity contribution < 1.29 is 33.8 Å². The van der Waals surface area contributed by atoms with Crippen molar-refractivity contribution in [2.45, 2.75) is 100 Å². The first-order chi connectivity index (χ1) is 22.5. The van der Waals surface area contributed by atoms with E-state index in [1.807, 2.05) is 51.1 Å². The Morgan fingerprint density at radius 2 is 1.91 bits per heavy atom. The number of rotatable bonds is 17. The summed E-state index contributed by atoms with van der Waals surface area (Å²) in [4.78, 5) is 60.8. The number of aliphatic hydroxyl groups is 1. The molecule has 3 saturated heterocycles. The van der Waals surface area contributed by atoms with Crippen molar-refractivity contribution >= 4 is 39.6 Å². The quantitative estimate of drug-likeness (QED) is 0.144. The molecule has 3 fully saturated rings. The van der Waals surface area contributed by atoms with Gasteiger partial charge in [-0.1, -0.05) is 78.7 Å². The molecule has 258 valence electrons. The highest BCUT2D eigenvalue weighted by Crippen LogP contribution is 2.61. The smallest absolute Gasteiger partial charge is 0.313 e. The number of carbonyl (C=O) groups is 4. The number of esters is 1. The monoisotopic (exact) mass is 715 g/mol. The van der Waals surface area contributed by atoms with E-state index in [0.717, 1.165) is 12.8 Å². The fraction of sp³-hybridized carbons (Fsp3) is 0.611. The molecule has 1 aromatic rings.